The largest absolute Gasteiger partial charge is 0.507 e. The molecule has 6 aromatic rings. The number of benzene rings is 6. The molecule has 2 unspecified atom stereocenters. The number of hydrogen-bond donors (Lipinski definition) is 6. The van der Waals surface area contributed by atoms with Crippen LogP contribution in [0.15, 0.2) is 97.1 Å². The second-order valence-electron chi connectivity index (χ2n) is 17.1. The molecule has 8 rings (SSSR count). The van der Waals surface area contributed by atoms with Crippen molar-refractivity contribution in [1.29, 1.82) is 0 Å². The number of carbonyl (C=O) groups is 6. The minimum Gasteiger partial charge on any atom is -0.507 e. The number of unbranched alkanes of at least 4 members (excludes halogenated alkanes) is 2. The molecule has 16 nitrogen and oxygen atoms in total. The van der Waals surface area contributed by atoms with Crippen LogP contribution in [0.5, 0.6) is 23.0 Å². The van der Waals surface area contributed by atoms with E-state index in [1.54, 1.807) is 24.3 Å². The van der Waals surface area contributed by atoms with Crippen LogP contribution in [-0.4, -0.2) is 93.2 Å². The summed E-state index contributed by atoms with van der Waals surface area (Å²) in [5.74, 6) is -3.30. The summed E-state index contributed by atoms with van der Waals surface area (Å²) < 4.78 is 24.3. The molecule has 1 aliphatic carbocycles. The van der Waals surface area contributed by atoms with Crippen molar-refractivity contribution < 1.29 is 78.2 Å². The number of fused-ring (bicyclic) bond motifs is 5. The summed E-state index contributed by atoms with van der Waals surface area (Å²) in [4.78, 5) is 73.6. The van der Waals surface area contributed by atoms with Crippen LogP contribution in [0.2, 0.25) is 0 Å². The number of phenols is 4. The molecular formula is C54H56B2O16. The fourth-order valence-electron chi connectivity index (χ4n) is 8.00. The van der Waals surface area contributed by atoms with Crippen molar-refractivity contribution in [2.75, 3.05) is 13.2 Å². The minimum absolute atomic E-state index is 0.0278. The van der Waals surface area contributed by atoms with Crippen LogP contribution < -0.4 is 0 Å². The fraction of sp³-hybridized carbons (Fsp3) is 0.296. The van der Waals surface area contributed by atoms with Crippen molar-refractivity contribution in [3.8, 4) is 23.0 Å². The Balaban J connectivity index is 0.000000210. The standard InChI is InChI=1S/C27H26O6.C17H20O5.C10H8O2.B2H2O3/c1-3-5-8-15(4-2)14-33-27(32)16-11-12-19-20(13-16)26(31)22-21(25(19)30)23(28)17-9-6-7-10-18(17)24(22)29;1-3-5-6-11(4-2)10-21-15(18)12-7-8-13-14(9-12)17(20)22-16(13)19;11-9-5-6-10(12)8-4-2-1-3-7(8)9;3-1-2(4)5/h6-7,9-13,15,30-31H,3-5,8,14H2,1-2H3;7-9,11H,3-6,10H2,1-2H3;1-6,11-12H;4-5H. The van der Waals surface area contributed by atoms with E-state index in [9.17, 15) is 49.2 Å². The molecule has 6 N–H and O–H groups in total. The predicted molar refractivity (Wildman–Crippen MR) is 268 cm³/mol. The molecule has 0 aromatic heterocycles. The average molecular weight is 983 g/mol. The quantitative estimate of drug-likeness (QED) is 0.0184. The van der Waals surface area contributed by atoms with Gasteiger partial charge in [-0.3, -0.25) is 9.59 Å². The van der Waals surface area contributed by atoms with Crippen molar-refractivity contribution in [1.82, 2.24) is 0 Å². The first kappa shape index (κ1) is 55.2. The van der Waals surface area contributed by atoms with Crippen molar-refractivity contribution in [2.45, 2.75) is 79.1 Å². The van der Waals surface area contributed by atoms with E-state index in [-0.39, 0.29) is 79.7 Å². The van der Waals surface area contributed by atoms with Crippen LogP contribution in [0.3, 0.4) is 0 Å². The Morgan fingerprint density at radius 3 is 1.44 bits per heavy atom. The van der Waals surface area contributed by atoms with Gasteiger partial charge in [-0.2, -0.15) is 0 Å². The molecule has 72 heavy (non-hydrogen) atoms. The van der Waals surface area contributed by atoms with Gasteiger partial charge in [0.05, 0.1) is 46.6 Å². The third-order valence-electron chi connectivity index (χ3n) is 12.2. The molecule has 18 heteroatoms. The summed E-state index contributed by atoms with van der Waals surface area (Å²) in [5.41, 5.74) is 0.636. The Morgan fingerprint density at radius 1 is 0.556 bits per heavy atom. The summed E-state index contributed by atoms with van der Waals surface area (Å²) in [6.07, 6.45) is 8.26. The van der Waals surface area contributed by atoms with Gasteiger partial charge in [0.2, 0.25) is 0 Å². The fourth-order valence-corrected chi connectivity index (χ4v) is 8.00. The van der Waals surface area contributed by atoms with Gasteiger partial charge in [-0.25, -0.2) is 19.2 Å². The number of esters is 4. The molecule has 374 valence electrons. The Bertz CT molecular complexity index is 2940. The minimum atomic E-state index is -1.80. The SMILES string of the molecule is CCCCC(CC)COC(=O)c1ccc2c(O)c3c(c(O)c2c1)C(=O)c1ccccc1C3=O.CCCCC(CC)COC(=O)c1ccc2c(c1)C(=O)OC2=O.O=BB(O)O.Oc1ccc(O)c2ccccc12. The second kappa shape index (κ2) is 26.0. The number of carbonyl (C=O) groups excluding carboxylic acids is 6. The molecule has 0 radical (unpaired) electrons. The normalized spacial score (nSPS) is 12.8. The zero-order valence-electron chi connectivity index (χ0n) is 40.4. The third-order valence-corrected chi connectivity index (χ3v) is 12.2. The third kappa shape index (κ3) is 13.2. The van der Waals surface area contributed by atoms with Crippen LogP contribution in [-0.2, 0) is 18.9 Å². The molecule has 0 spiro atoms. The topological polar surface area (TPSA) is 269 Å². The number of phenolic OH excluding ortho intramolecular Hbond substituents is 4. The first-order valence-electron chi connectivity index (χ1n) is 23.7. The van der Waals surface area contributed by atoms with Crippen molar-refractivity contribution in [2.24, 2.45) is 11.8 Å². The first-order valence-corrected chi connectivity index (χ1v) is 23.7. The zero-order valence-corrected chi connectivity index (χ0v) is 40.4. The molecule has 1 aliphatic heterocycles. The molecular weight excluding hydrogens is 926 g/mol. The number of aromatic hydroxyl groups is 4. The van der Waals surface area contributed by atoms with Crippen LogP contribution in [0.4, 0.5) is 0 Å². The number of cyclic esters (lactones) is 2. The molecule has 0 saturated heterocycles. The van der Waals surface area contributed by atoms with E-state index < -0.39 is 54.0 Å². The van der Waals surface area contributed by atoms with Crippen LogP contribution in [0.1, 0.15) is 152 Å². The summed E-state index contributed by atoms with van der Waals surface area (Å²) in [7, 11) is -1.77. The molecule has 2 aliphatic rings. The van der Waals surface area contributed by atoms with E-state index in [1.807, 2.05) is 12.1 Å². The molecule has 0 saturated carbocycles. The van der Waals surface area contributed by atoms with Gasteiger partial charge >= 0.3 is 52.7 Å². The Kier molecular flexibility index (Phi) is 19.9. The van der Waals surface area contributed by atoms with Gasteiger partial charge in [0.25, 0.3) is 0 Å². The summed E-state index contributed by atoms with van der Waals surface area (Å²) >= 11 is 0. The van der Waals surface area contributed by atoms with E-state index in [2.05, 4.69) is 32.4 Å². The van der Waals surface area contributed by atoms with Crippen molar-refractivity contribution in [3.63, 3.8) is 0 Å². The maximum atomic E-state index is 13.1. The Labute approximate surface area is 416 Å². The molecule has 2 atom stereocenters. The van der Waals surface area contributed by atoms with E-state index in [4.69, 9.17) is 24.2 Å². The van der Waals surface area contributed by atoms with Gasteiger partial charge in [-0.1, -0.05) is 115 Å². The van der Waals surface area contributed by atoms with E-state index in [0.29, 0.717) is 29.9 Å². The Hall–Kier alpha value is -7.69. The molecule has 1 heterocycles. The van der Waals surface area contributed by atoms with Gasteiger partial charge < -0.3 is 34.6 Å². The van der Waals surface area contributed by atoms with Gasteiger partial charge in [0, 0.05) is 32.7 Å². The smallest absolute Gasteiger partial charge is 0.123 e. The van der Waals surface area contributed by atoms with Gasteiger partial charge in [0.1, 0.15) is 23.0 Å². The summed E-state index contributed by atoms with van der Waals surface area (Å²) in [6, 6.07) is 25.0. The number of ether oxygens (including phenoxy) is 3. The number of hydrogen-bond acceptors (Lipinski definition) is 16. The predicted octanol–water partition coefficient (Wildman–Crippen LogP) is 9.03. The summed E-state index contributed by atoms with van der Waals surface area (Å²) in [5, 5.41) is 57.3. The van der Waals surface area contributed by atoms with Gasteiger partial charge in [0.15, 0.2) is 11.6 Å². The van der Waals surface area contributed by atoms with Gasteiger partial charge in [-0.05, 0) is 73.2 Å². The van der Waals surface area contributed by atoms with Crippen LogP contribution in [0.25, 0.3) is 21.5 Å². The Morgan fingerprint density at radius 2 is 0.986 bits per heavy atom. The number of rotatable bonds is 15. The molecule has 0 bridgehead atoms. The first-order chi connectivity index (χ1) is 34.5. The summed E-state index contributed by atoms with van der Waals surface area (Å²) in [6.45, 7) is 9.05. The monoisotopic (exact) mass is 982 g/mol. The number of ketones is 2. The van der Waals surface area contributed by atoms with E-state index in [1.165, 1.54) is 60.7 Å². The van der Waals surface area contributed by atoms with Crippen molar-refractivity contribution in [3.05, 3.63) is 142 Å². The molecule has 6 aromatic carbocycles. The molecule has 0 fully saturated rings. The van der Waals surface area contributed by atoms with E-state index >= 15 is 0 Å². The van der Waals surface area contributed by atoms with Crippen LogP contribution >= 0.6 is 0 Å². The maximum absolute atomic E-state index is 13.1. The van der Waals surface area contributed by atoms with E-state index in [0.717, 1.165) is 51.4 Å². The second-order valence-corrected chi connectivity index (χ2v) is 17.1. The van der Waals surface area contributed by atoms with Crippen molar-refractivity contribution >= 4 is 71.0 Å². The molecule has 0 amide bonds. The van der Waals surface area contributed by atoms with Gasteiger partial charge in [-0.15, -0.1) is 0 Å². The zero-order chi connectivity index (χ0) is 52.6. The average Bonchev–Trinajstić information content (AvgIpc) is 3.69. The van der Waals surface area contributed by atoms with Crippen LogP contribution in [0, 0.1) is 11.8 Å². The maximum Gasteiger partial charge on any atom is 0.123 e.